The van der Waals surface area contributed by atoms with Gasteiger partial charge < -0.3 is 4.90 Å². The number of hydrogen-bond acceptors (Lipinski definition) is 1. The van der Waals surface area contributed by atoms with Crippen molar-refractivity contribution in [3.8, 4) is 0 Å². The lowest BCUT2D eigenvalue weighted by Gasteiger charge is -2.35. The van der Waals surface area contributed by atoms with Crippen LogP contribution in [0.3, 0.4) is 0 Å². The number of rotatable bonds is 4. The van der Waals surface area contributed by atoms with Crippen LogP contribution in [0.25, 0.3) is 0 Å². The molecule has 1 amide bonds. The molecule has 1 fully saturated rings. The van der Waals surface area contributed by atoms with E-state index >= 15 is 0 Å². The van der Waals surface area contributed by atoms with E-state index in [9.17, 15) is 4.79 Å². The molecule has 0 saturated carbocycles. The first-order valence-electron chi connectivity index (χ1n) is 6.80. The number of piperidine rings is 1. The van der Waals surface area contributed by atoms with Crippen LogP contribution in [0.4, 0.5) is 0 Å². The van der Waals surface area contributed by atoms with Gasteiger partial charge in [0.05, 0.1) is 6.42 Å². The minimum absolute atomic E-state index is 0.243. The molecule has 0 radical (unpaired) electrons. The number of likely N-dealkylation sites (tertiary alicyclic amines) is 1. The smallest absolute Gasteiger partial charge is 0.227 e. The van der Waals surface area contributed by atoms with Gasteiger partial charge in [-0.15, -0.1) is 0 Å². The minimum Gasteiger partial charge on any atom is -0.339 e. The molecule has 1 aliphatic heterocycles. The minimum atomic E-state index is 0.243. The van der Waals surface area contributed by atoms with Crippen LogP contribution >= 0.6 is 27.5 Å². The third-order valence-corrected chi connectivity index (χ3v) is 4.37. The van der Waals surface area contributed by atoms with E-state index in [2.05, 4.69) is 20.8 Å². The summed E-state index contributed by atoms with van der Waals surface area (Å²) in [4.78, 5) is 14.5. The Morgan fingerprint density at radius 3 is 2.74 bits per heavy atom. The van der Waals surface area contributed by atoms with Crippen LogP contribution in [-0.4, -0.2) is 28.7 Å². The number of halogens is 2. The van der Waals surface area contributed by atoms with Crippen molar-refractivity contribution in [2.75, 3.05) is 11.9 Å². The summed E-state index contributed by atoms with van der Waals surface area (Å²) in [5.74, 6) is 0.243. The fraction of sp³-hybridized carbons (Fsp3) is 0.533. The standard InChI is InChI=1S/C15H19BrClNO/c16-9-8-14-3-1-2-10-18(14)15(19)11-12-4-6-13(17)7-5-12/h4-7,14H,1-3,8-11H2. The van der Waals surface area contributed by atoms with Crippen LogP contribution in [0.5, 0.6) is 0 Å². The number of benzene rings is 1. The summed E-state index contributed by atoms with van der Waals surface area (Å²) < 4.78 is 0. The van der Waals surface area contributed by atoms with Crippen molar-refractivity contribution >= 4 is 33.4 Å². The molecule has 104 valence electrons. The predicted molar refractivity (Wildman–Crippen MR) is 82.9 cm³/mol. The third-order valence-electron chi connectivity index (χ3n) is 3.66. The van der Waals surface area contributed by atoms with Gasteiger partial charge in [0.15, 0.2) is 0 Å². The number of nitrogens with zero attached hydrogens (tertiary/aromatic N) is 1. The van der Waals surface area contributed by atoms with Crippen molar-refractivity contribution < 1.29 is 4.79 Å². The Bertz CT molecular complexity index is 419. The molecule has 1 atom stereocenters. The Kier molecular flexibility index (Phi) is 5.71. The normalized spacial score (nSPS) is 19.5. The van der Waals surface area contributed by atoms with Crippen molar-refractivity contribution in [2.45, 2.75) is 38.1 Å². The highest BCUT2D eigenvalue weighted by molar-refractivity contribution is 9.09. The first-order valence-corrected chi connectivity index (χ1v) is 8.30. The van der Waals surface area contributed by atoms with E-state index in [-0.39, 0.29) is 5.91 Å². The molecule has 0 spiro atoms. The number of carbonyl (C=O) groups is 1. The summed E-state index contributed by atoms with van der Waals surface area (Å²) in [6, 6.07) is 7.97. The van der Waals surface area contributed by atoms with Crippen molar-refractivity contribution in [2.24, 2.45) is 0 Å². The summed E-state index contributed by atoms with van der Waals surface area (Å²) in [5, 5.41) is 1.67. The Labute approximate surface area is 128 Å². The summed E-state index contributed by atoms with van der Waals surface area (Å²) in [6.45, 7) is 0.907. The summed E-state index contributed by atoms with van der Waals surface area (Å²) in [6.07, 6.45) is 5.04. The average Bonchev–Trinajstić information content (AvgIpc) is 2.42. The maximum absolute atomic E-state index is 12.4. The first kappa shape index (κ1) is 14.9. The fourth-order valence-corrected chi connectivity index (χ4v) is 3.29. The van der Waals surface area contributed by atoms with Gasteiger partial charge in [-0.3, -0.25) is 4.79 Å². The largest absolute Gasteiger partial charge is 0.339 e. The summed E-state index contributed by atoms with van der Waals surface area (Å²) in [5.41, 5.74) is 1.04. The third kappa shape index (κ3) is 4.22. The molecular weight excluding hydrogens is 326 g/mol. The van der Waals surface area contributed by atoms with E-state index in [1.807, 2.05) is 24.3 Å². The number of hydrogen-bond donors (Lipinski definition) is 0. The SMILES string of the molecule is O=C(Cc1ccc(Cl)cc1)N1CCCCC1CCBr. The highest BCUT2D eigenvalue weighted by Gasteiger charge is 2.25. The van der Waals surface area contributed by atoms with Crippen LogP contribution in [0.1, 0.15) is 31.2 Å². The maximum Gasteiger partial charge on any atom is 0.227 e. The zero-order valence-corrected chi connectivity index (χ0v) is 13.3. The lowest BCUT2D eigenvalue weighted by Crippen LogP contribution is -2.44. The van der Waals surface area contributed by atoms with E-state index in [4.69, 9.17) is 11.6 Å². The lowest BCUT2D eigenvalue weighted by molar-refractivity contribution is -0.134. The summed E-state index contributed by atoms with van der Waals surface area (Å²) >= 11 is 9.34. The first-order chi connectivity index (χ1) is 9.20. The molecule has 1 heterocycles. The van der Waals surface area contributed by atoms with Gasteiger partial charge >= 0.3 is 0 Å². The molecule has 2 rings (SSSR count). The second-order valence-electron chi connectivity index (χ2n) is 5.02. The van der Waals surface area contributed by atoms with Crippen molar-refractivity contribution in [1.82, 2.24) is 4.90 Å². The topological polar surface area (TPSA) is 20.3 Å². The van der Waals surface area contributed by atoms with Crippen LogP contribution in [0.2, 0.25) is 5.02 Å². The number of alkyl halides is 1. The Morgan fingerprint density at radius 2 is 2.05 bits per heavy atom. The van der Waals surface area contributed by atoms with Crippen LogP contribution in [-0.2, 0) is 11.2 Å². The summed E-state index contributed by atoms with van der Waals surface area (Å²) in [7, 11) is 0. The van der Waals surface area contributed by atoms with Crippen molar-refractivity contribution in [3.63, 3.8) is 0 Å². The zero-order valence-electron chi connectivity index (χ0n) is 10.9. The van der Waals surface area contributed by atoms with Crippen molar-refractivity contribution in [3.05, 3.63) is 34.9 Å². The molecular formula is C15H19BrClNO. The Morgan fingerprint density at radius 1 is 1.32 bits per heavy atom. The molecule has 0 N–H and O–H groups in total. The quantitative estimate of drug-likeness (QED) is 0.755. The molecule has 2 nitrogen and oxygen atoms in total. The van der Waals surface area contributed by atoms with Crippen LogP contribution in [0, 0.1) is 0 Å². The molecule has 19 heavy (non-hydrogen) atoms. The van der Waals surface area contributed by atoms with Gasteiger partial charge in [-0.1, -0.05) is 39.7 Å². The monoisotopic (exact) mass is 343 g/mol. The molecule has 1 aromatic carbocycles. The molecule has 0 aliphatic carbocycles. The van der Waals surface area contributed by atoms with Gasteiger partial charge in [0.2, 0.25) is 5.91 Å². The number of amides is 1. The molecule has 0 bridgehead atoms. The van der Waals surface area contributed by atoms with E-state index in [1.54, 1.807) is 0 Å². The Hall–Kier alpha value is -0.540. The molecule has 1 aliphatic rings. The van der Waals surface area contributed by atoms with E-state index in [0.29, 0.717) is 17.5 Å². The zero-order chi connectivity index (χ0) is 13.7. The number of carbonyl (C=O) groups excluding carboxylic acids is 1. The lowest BCUT2D eigenvalue weighted by atomic mass is 9.99. The second kappa shape index (κ2) is 7.30. The van der Waals surface area contributed by atoms with Crippen molar-refractivity contribution in [1.29, 1.82) is 0 Å². The van der Waals surface area contributed by atoms with Gasteiger partial charge in [-0.2, -0.15) is 0 Å². The van der Waals surface area contributed by atoms with Gasteiger partial charge in [0.25, 0.3) is 0 Å². The van der Waals surface area contributed by atoms with Crippen LogP contribution < -0.4 is 0 Å². The van der Waals surface area contributed by atoms with Gasteiger partial charge in [-0.05, 0) is 43.4 Å². The van der Waals surface area contributed by atoms with E-state index < -0.39 is 0 Å². The highest BCUT2D eigenvalue weighted by atomic mass is 79.9. The highest BCUT2D eigenvalue weighted by Crippen LogP contribution is 2.21. The molecule has 1 aromatic rings. The molecule has 4 heteroatoms. The predicted octanol–water partition coefficient (Wildman–Crippen LogP) is 4.05. The maximum atomic E-state index is 12.4. The molecule has 1 saturated heterocycles. The van der Waals surface area contributed by atoms with E-state index in [1.165, 1.54) is 6.42 Å². The fourth-order valence-electron chi connectivity index (χ4n) is 2.63. The average molecular weight is 345 g/mol. The van der Waals surface area contributed by atoms with Crippen LogP contribution in [0.15, 0.2) is 24.3 Å². The van der Waals surface area contributed by atoms with Gasteiger partial charge in [0.1, 0.15) is 0 Å². The Balaban J connectivity index is 1.99. The molecule has 1 unspecified atom stereocenters. The second-order valence-corrected chi connectivity index (χ2v) is 6.25. The van der Waals surface area contributed by atoms with E-state index in [0.717, 1.165) is 36.7 Å². The molecule has 0 aromatic heterocycles. The van der Waals surface area contributed by atoms with Gasteiger partial charge in [0, 0.05) is 22.9 Å². The van der Waals surface area contributed by atoms with Gasteiger partial charge in [-0.25, -0.2) is 0 Å².